The number of thioether (sulfide) groups is 1. The minimum absolute atomic E-state index is 0.342. The Bertz CT molecular complexity index is 241. The zero-order chi connectivity index (χ0) is 11.4. The monoisotopic (exact) mass is 242 g/mol. The smallest absolute Gasteiger partial charge is 0.233 e. The number of hydrogen-bond acceptors (Lipinski definition) is 3. The highest BCUT2D eigenvalue weighted by Crippen LogP contribution is 2.26. The van der Waals surface area contributed by atoms with Gasteiger partial charge in [-0.1, -0.05) is 13.3 Å². The van der Waals surface area contributed by atoms with Crippen LogP contribution in [0.25, 0.3) is 0 Å². The van der Waals surface area contributed by atoms with Gasteiger partial charge in [-0.15, -0.1) is 11.8 Å². The molecule has 16 heavy (non-hydrogen) atoms. The fourth-order valence-electron chi connectivity index (χ4n) is 2.54. The Labute approximate surface area is 103 Å². The highest BCUT2D eigenvalue weighted by atomic mass is 32.2. The number of piperidine rings is 1. The summed E-state index contributed by atoms with van der Waals surface area (Å²) in [5.41, 5.74) is 0. The molecule has 0 spiro atoms. The third kappa shape index (κ3) is 2.92. The molecule has 0 aliphatic carbocycles. The van der Waals surface area contributed by atoms with E-state index in [1.807, 2.05) is 0 Å². The SMILES string of the molecule is CCC1SCC(=O)N1CCN1CCCCC1. The molecule has 1 amide bonds. The van der Waals surface area contributed by atoms with E-state index in [4.69, 9.17) is 0 Å². The van der Waals surface area contributed by atoms with Gasteiger partial charge < -0.3 is 9.80 Å². The van der Waals surface area contributed by atoms with Crippen LogP contribution >= 0.6 is 11.8 Å². The van der Waals surface area contributed by atoms with Crippen molar-refractivity contribution < 1.29 is 4.79 Å². The Hall–Kier alpha value is -0.220. The van der Waals surface area contributed by atoms with Gasteiger partial charge in [0.25, 0.3) is 0 Å². The Kier molecular flexibility index (Phi) is 4.53. The number of rotatable bonds is 4. The van der Waals surface area contributed by atoms with Crippen LogP contribution < -0.4 is 0 Å². The van der Waals surface area contributed by atoms with Crippen LogP contribution in [0.3, 0.4) is 0 Å². The van der Waals surface area contributed by atoms with Crippen LogP contribution in [0.15, 0.2) is 0 Å². The van der Waals surface area contributed by atoms with E-state index in [1.54, 1.807) is 11.8 Å². The number of hydrogen-bond donors (Lipinski definition) is 0. The van der Waals surface area contributed by atoms with E-state index >= 15 is 0 Å². The molecule has 0 aromatic heterocycles. The van der Waals surface area contributed by atoms with Crippen molar-refractivity contribution in [3.8, 4) is 0 Å². The molecular formula is C12H22N2OS. The molecule has 0 bridgehead atoms. The van der Waals surface area contributed by atoms with E-state index in [2.05, 4.69) is 16.7 Å². The van der Waals surface area contributed by atoms with Crippen molar-refractivity contribution in [3.05, 3.63) is 0 Å². The number of carbonyl (C=O) groups excluding carboxylic acids is 1. The van der Waals surface area contributed by atoms with Crippen molar-refractivity contribution >= 4 is 17.7 Å². The van der Waals surface area contributed by atoms with E-state index in [1.165, 1.54) is 32.4 Å². The Morgan fingerprint density at radius 2 is 2.00 bits per heavy atom. The van der Waals surface area contributed by atoms with Crippen LogP contribution in [0.1, 0.15) is 32.6 Å². The normalized spacial score (nSPS) is 27.7. The predicted molar refractivity (Wildman–Crippen MR) is 68.5 cm³/mol. The van der Waals surface area contributed by atoms with Crippen molar-refractivity contribution in [2.45, 2.75) is 38.0 Å². The lowest BCUT2D eigenvalue weighted by Gasteiger charge is -2.30. The fraction of sp³-hybridized carbons (Fsp3) is 0.917. The van der Waals surface area contributed by atoms with Gasteiger partial charge in [-0.25, -0.2) is 0 Å². The van der Waals surface area contributed by atoms with Gasteiger partial charge in [0.15, 0.2) is 0 Å². The molecule has 0 aromatic rings. The van der Waals surface area contributed by atoms with Crippen LogP contribution in [0.4, 0.5) is 0 Å². The van der Waals surface area contributed by atoms with E-state index in [9.17, 15) is 4.79 Å². The van der Waals surface area contributed by atoms with E-state index in [-0.39, 0.29) is 0 Å². The fourth-order valence-corrected chi connectivity index (χ4v) is 3.68. The lowest BCUT2D eigenvalue weighted by Crippen LogP contribution is -2.41. The number of nitrogens with zero attached hydrogens (tertiary/aromatic N) is 2. The number of carbonyl (C=O) groups is 1. The number of amides is 1. The zero-order valence-electron chi connectivity index (χ0n) is 10.2. The van der Waals surface area contributed by atoms with E-state index < -0.39 is 0 Å². The van der Waals surface area contributed by atoms with Crippen molar-refractivity contribution in [1.29, 1.82) is 0 Å². The molecule has 2 fully saturated rings. The average Bonchev–Trinajstić information content (AvgIpc) is 2.69. The predicted octanol–water partition coefficient (Wildman–Crippen LogP) is 1.78. The first-order chi connectivity index (χ1) is 7.81. The van der Waals surface area contributed by atoms with Crippen LogP contribution in [-0.4, -0.2) is 53.0 Å². The molecular weight excluding hydrogens is 220 g/mol. The highest BCUT2D eigenvalue weighted by molar-refractivity contribution is 8.00. The molecule has 2 aliphatic heterocycles. The number of likely N-dealkylation sites (tertiary alicyclic amines) is 1. The zero-order valence-corrected chi connectivity index (χ0v) is 11.0. The summed E-state index contributed by atoms with van der Waals surface area (Å²) in [5, 5.41) is 0.442. The highest BCUT2D eigenvalue weighted by Gasteiger charge is 2.30. The minimum atomic E-state index is 0.342. The van der Waals surface area contributed by atoms with Crippen LogP contribution in [-0.2, 0) is 4.79 Å². The van der Waals surface area contributed by atoms with E-state index in [0.29, 0.717) is 17.0 Å². The van der Waals surface area contributed by atoms with Crippen molar-refractivity contribution in [2.24, 2.45) is 0 Å². The van der Waals surface area contributed by atoms with Crippen molar-refractivity contribution in [2.75, 3.05) is 31.9 Å². The molecule has 0 N–H and O–H groups in total. The van der Waals surface area contributed by atoms with Gasteiger partial charge in [0.05, 0.1) is 11.1 Å². The first-order valence-corrected chi connectivity index (χ1v) is 7.49. The van der Waals surface area contributed by atoms with Gasteiger partial charge in [-0.05, 0) is 32.4 Å². The molecule has 1 unspecified atom stereocenters. The van der Waals surface area contributed by atoms with Crippen LogP contribution in [0.2, 0.25) is 0 Å². The second-order valence-corrected chi connectivity index (χ2v) is 5.83. The summed E-state index contributed by atoms with van der Waals surface area (Å²) in [6.07, 6.45) is 5.13. The largest absolute Gasteiger partial charge is 0.329 e. The third-order valence-electron chi connectivity index (χ3n) is 3.52. The maximum absolute atomic E-state index is 11.7. The van der Waals surface area contributed by atoms with Crippen molar-refractivity contribution in [3.63, 3.8) is 0 Å². The Morgan fingerprint density at radius 3 is 2.69 bits per heavy atom. The molecule has 3 nitrogen and oxygen atoms in total. The summed E-state index contributed by atoms with van der Waals surface area (Å²) in [4.78, 5) is 16.3. The summed E-state index contributed by atoms with van der Waals surface area (Å²) in [7, 11) is 0. The molecule has 0 radical (unpaired) electrons. The summed E-state index contributed by atoms with van der Waals surface area (Å²) < 4.78 is 0. The van der Waals surface area contributed by atoms with Gasteiger partial charge in [0, 0.05) is 13.1 Å². The van der Waals surface area contributed by atoms with Gasteiger partial charge in [0.1, 0.15) is 0 Å². The summed E-state index contributed by atoms with van der Waals surface area (Å²) in [5.74, 6) is 1.03. The maximum Gasteiger partial charge on any atom is 0.233 e. The standard InChI is InChI=1S/C12H22N2OS/c1-2-12-14(11(15)10-16-12)9-8-13-6-4-3-5-7-13/h12H,2-10H2,1H3. The summed E-state index contributed by atoms with van der Waals surface area (Å²) >= 11 is 1.80. The second-order valence-electron chi connectivity index (χ2n) is 4.66. The molecule has 1 atom stereocenters. The average molecular weight is 242 g/mol. The topological polar surface area (TPSA) is 23.6 Å². The molecule has 2 rings (SSSR count). The van der Waals surface area contributed by atoms with Gasteiger partial charge in [-0.3, -0.25) is 4.79 Å². The quantitative estimate of drug-likeness (QED) is 0.751. The lowest BCUT2D eigenvalue weighted by atomic mass is 10.1. The Balaban J connectivity index is 1.77. The summed E-state index contributed by atoms with van der Waals surface area (Å²) in [6.45, 7) is 6.63. The summed E-state index contributed by atoms with van der Waals surface area (Å²) in [6, 6.07) is 0. The minimum Gasteiger partial charge on any atom is -0.329 e. The van der Waals surface area contributed by atoms with Gasteiger partial charge >= 0.3 is 0 Å². The first-order valence-electron chi connectivity index (χ1n) is 6.44. The Morgan fingerprint density at radius 1 is 1.25 bits per heavy atom. The second kappa shape index (κ2) is 5.92. The third-order valence-corrected chi connectivity index (χ3v) is 4.91. The molecule has 2 heterocycles. The van der Waals surface area contributed by atoms with E-state index in [0.717, 1.165) is 19.5 Å². The molecule has 92 valence electrons. The maximum atomic E-state index is 11.7. The molecule has 2 saturated heterocycles. The lowest BCUT2D eigenvalue weighted by molar-refractivity contribution is -0.128. The molecule has 4 heteroatoms. The van der Waals surface area contributed by atoms with Crippen LogP contribution in [0, 0.1) is 0 Å². The van der Waals surface area contributed by atoms with Crippen LogP contribution in [0.5, 0.6) is 0 Å². The first kappa shape index (κ1) is 12.2. The molecule has 2 aliphatic rings. The molecule has 0 aromatic carbocycles. The van der Waals surface area contributed by atoms with Gasteiger partial charge in [-0.2, -0.15) is 0 Å². The van der Waals surface area contributed by atoms with Gasteiger partial charge in [0.2, 0.25) is 5.91 Å². The van der Waals surface area contributed by atoms with Crippen molar-refractivity contribution in [1.82, 2.24) is 9.80 Å². The molecule has 0 saturated carbocycles.